The number of nitrogens with one attached hydrogen (secondary N) is 2. The van der Waals surface area contributed by atoms with Gasteiger partial charge in [-0.25, -0.2) is 4.98 Å². The monoisotopic (exact) mass is 390 g/mol. The Kier molecular flexibility index (Phi) is 4.72. The highest BCUT2D eigenvalue weighted by Gasteiger charge is 2.27. The molecule has 3 heterocycles. The summed E-state index contributed by atoms with van der Waals surface area (Å²) in [6.45, 7) is 4.92. The first-order valence-corrected chi connectivity index (χ1v) is 10.5. The van der Waals surface area contributed by atoms with Crippen molar-refractivity contribution in [1.29, 1.82) is 0 Å². The summed E-state index contributed by atoms with van der Waals surface area (Å²) in [4.78, 5) is 22.8. The van der Waals surface area contributed by atoms with Crippen molar-refractivity contribution in [2.75, 3.05) is 18.4 Å². The van der Waals surface area contributed by atoms with Crippen LogP contribution in [-0.2, 0) is 11.3 Å². The molecular weight excluding hydrogens is 364 g/mol. The summed E-state index contributed by atoms with van der Waals surface area (Å²) in [6.07, 6.45) is 2.49. The van der Waals surface area contributed by atoms with E-state index < -0.39 is 0 Å². The van der Waals surface area contributed by atoms with Crippen LogP contribution < -0.4 is 10.1 Å². The highest BCUT2D eigenvalue weighted by Crippen LogP contribution is 2.33. The van der Waals surface area contributed by atoms with Gasteiger partial charge in [-0.05, 0) is 62.2 Å². The number of likely N-dealkylation sites (tertiary alicyclic amines) is 1. The van der Waals surface area contributed by atoms with Crippen LogP contribution in [0.3, 0.4) is 0 Å². The molecule has 0 bridgehead atoms. The van der Waals surface area contributed by atoms with Crippen molar-refractivity contribution < 1.29 is 9.53 Å². The van der Waals surface area contributed by atoms with Crippen LogP contribution in [0.4, 0.5) is 5.69 Å². The molecular formula is C23H26N4O2. The molecule has 0 saturated carbocycles. The van der Waals surface area contributed by atoms with E-state index >= 15 is 0 Å². The molecule has 150 valence electrons. The van der Waals surface area contributed by atoms with E-state index in [9.17, 15) is 4.79 Å². The second kappa shape index (κ2) is 7.52. The van der Waals surface area contributed by atoms with Gasteiger partial charge in [-0.1, -0.05) is 25.1 Å². The number of carbonyl (C=O) groups is 1. The van der Waals surface area contributed by atoms with Crippen LogP contribution in [-0.4, -0.2) is 40.0 Å². The number of aromatic amines is 1. The molecule has 0 spiro atoms. The Bertz CT molecular complexity index is 1000. The normalized spacial score (nSPS) is 20.3. The maximum atomic E-state index is 12.1. The molecule has 0 aliphatic carbocycles. The number of ether oxygens (including phenoxy) is 1. The van der Waals surface area contributed by atoms with Gasteiger partial charge in [-0.3, -0.25) is 9.69 Å². The zero-order valence-electron chi connectivity index (χ0n) is 16.6. The van der Waals surface area contributed by atoms with E-state index in [-0.39, 0.29) is 12.0 Å². The zero-order chi connectivity index (χ0) is 19.8. The molecule has 6 nitrogen and oxygen atoms in total. The van der Waals surface area contributed by atoms with E-state index in [1.165, 1.54) is 5.56 Å². The van der Waals surface area contributed by atoms with Crippen molar-refractivity contribution >= 4 is 22.6 Å². The number of aromatic nitrogens is 2. The Labute approximate surface area is 170 Å². The van der Waals surface area contributed by atoms with Gasteiger partial charge in [-0.15, -0.1) is 0 Å². The number of hydrogen-bond acceptors (Lipinski definition) is 4. The van der Waals surface area contributed by atoms with Crippen molar-refractivity contribution in [2.45, 2.75) is 44.8 Å². The summed E-state index contributed by atoms with van der Waals surface area (Å²) in [5.74, 6) is 2.32. The van der Waals surface area contributed by atoms with Gasteiger partial charge in [0, 0.05) is 12.5 Å². The number of piperidine rings is 1. The first-order valence-electron chi connectivity index (χ1n) is 10.5. The number of amides is 1. The Morgan fingerprint density at radius 3 is 2.79 bits per heavy atom. The van der Waals surface area contributed by atoms with E-state index in [0.29, 0.717) is 12.3 Å². The van der Waals surface area contributed by atoms with Crippen LogP contribution in [0.1, 0.15) is 43.5 Å². The largest absolute Gasteiger partial charge is 0.478 e. The molecule has 3 aromatic rings. The zero-order valence-corrected chi connectivity index (χ0v) is 16.6. The maximum Gasteiger partial charge on any atom is 0.265 e. The lowest BCUT2D eigenvalue weighted by molar-refractivity contribution is -0.123. The number of H-pyrrole nitrogens is 1. The number of para-hydroxylation sites is 2. The molecule has 1 saturated heterocycles. The van der Waals surface area contributed by atoms with Gasteiger partial charge < -0.3 is 15.0 Å². The van der Waals surface area contributed by atoms with Gasteiger partial charge in [0.2, 0.25) is 0 Å². The average Bonchev–Trinajstić information content (AvgIpc) is 3.18. The standard InChI is InChI=1S/C23H26N4O2/c1-2-20-23(28)26-19-13-15(7-8-21(19)29-20)14-27-11-9-16(10-12-27)22-24-17-5-3-4-6-18(17)25-22/h3-8,13,16,20H,2,9-12,14H2,1H3,(H,24,25)(H,26,28). The number of rotatable bonds is 4. The summed E-state index contributed by atoms with van der Waals surface area (Å²) in [7, 11) is 0. The van der Waals surface area contributed by atoms with Gasteiger partial charge >= 0.3 is 0 Å². The molecule has 2 aromatic carbocycles. The van der Waals surface area contributed by atoms with E-state index in [1.54, 1.807) is 0 Å². The second-order valence-electron chi connectivity index (χ2n) is 8.02. The quantitative estimate of drug-likeness (QED) is 0.705. The lowest BCUT2D eigenvalue weighted by Crippen LogP contribution is -2.36. The Morgan fingerprint density at radius 1 is 1.17 bits per heavy atom. The van der Waals surface area contributed by atoms with Gasteiger partial charge in [0.15, 0.2) is 6.10 Å². The predicted octanol–water partition coefficient (Wildman–Crippen LogP) is 4.05. The van der Waals surface area contributed by atoms with Crippen molar-refractivity contribution in [3.05, 3.63) is 53.9 Å². The third kappa shape index (κ3) is 3.60. The Balaban J connectivity index is 1.22. The topological polar surface area (TPSA) is 70.2 Å². The van der Waals surface area contributed by atoms with Gasteiger partial charge in [0.25, 0.3) is 5.91 Å². The van der Waals surface area contributed by atoms with E-state index in [2.05, 4.69) is 33.4 Å². The van der Waals surface area contributed by atoms with Crippen LogP contribution in [0.5, 0.6) is 5.75 Å². The van der Waals surface area contributed by atoms with Gasteiger partial charge in [0.1, 0.15) is 11.6 Å². The maximum absolute atomic E-state index is 12.1. The third-order valence-corrected chi connectivity index (χ3v) is 6.02. The van der Waals surface area contributed by atoms with Crippen molar-refractivity contribution in [3.63, 3.8) is 0 Å². The van der Waals surface area contributed by atoms with Crippen molar-refractivity contribution in [2.24, 2.45) is 0 Å². The number of anilines is 1. The first kappa shape index (κ1) is 18.2. The van der Waals surface area contributed by atoms with Gasteiger partial charge in [-0.2, -0.15) is 0 Å². The third-order valence-electron chi connectivity index (χ3n) is 6.02. The fraction of sp³-hybridized carbons (Fsp3) is 0.391. The minimum absolute atomic E-state index is 0.0520. The molecule has 2 aliphatic rings. The van der Waals surface area contributed by atoms with Crippen LogP contribution in [0, 0.1) is 0 Å². The summed E-state index contributed by atoms with van der Waals surface area (Å²) in [5.41, 5.74) is 4.15. The SMILES string of the molecule is CCC1Oc2ccc(CN3CCC(c4nc5ccccc5[nH]4)CC3)cc2NC1=O. The summed E-state index contributed by atoms with van der Waals surface area (Å²) >= 11 is 0. The Morgan fingerprint density at radius 2 is 2.00 bits per heavy atom. The molecule has 1 atom stereocenters. The predicted molar refractivity (Wildman–Crippen MR) is 113 cm³/mol. The number of nitrogens with zero attached hydrogens (tertiary/aromatic N) is 2. The second-order valence-corrected chi connectivity index (χ2v) is 8.02. The molecule has 2 aliphatic heterocycles. The lowest BCUT2D eigenvalue weighted by atomic mass is 9.96. The first-order chi connectivity index (χ1) is 14.2. The van der Waals surface area contributed by atoms with Crippen LogP contribution in [0.2, 0.25) is 0 Å². The number of imidazole rings is 1. The molecule has 1 unspecified atom stereocenters. The molecule has 5 rings (SSSR count). The molecule has 6 heteroatoms. The molecule has 1 fully saturated rings. The Hall–Kier alpha value is -2.86. The van der Waals surface area contributed by atoms with E-state index in [0.717, 1.165) is 60.8 Å². The fourth-order valence-electron chi connectivity index (χ4n) is 4.35. The summed E-state index contributed by atoms with van der Waals surface area (Å²) < 4.78 is 5.79. The molecule has 29 heavy (non-hydrogen) atoms. The lowest BCUT2D eigenvalue weighted by Gasteiger charge is -2.31. The number of carbonyl (C=O) groups excluding carboxylic acids is 1. The molecule has 1 aromatic heterocycles. The molecule has 2 N–H and O–H groups in total. The molecule has 0 radical (unpaired) electrons. The summed E-state index contributed by atoms with van der Waals surface area (Å²) in [6, 6.07) is 14.4. The number of benzene rings is 2. The van der Waals surface area contributed by atoms with Gasteiger partial charge in [0.05, 0.1) is 16.7 Å². The van der Waals surface area contributed by atoms with Crippen LogP contribution >= 0.6 is 0 Å². The number of hydrogen-bond donors (Lipinski definition) is 2. The summed E-state index contributed by atoms with van der Waals surface area (Å²) in [5, 5.41) is 2.98. The smallest absolute Gasteiger partial charge is 0.265 e. The average molecular weight is 390 g/mol. The van der Waals surface area contributed by atoms with Crippen molar-refractivity contribution in [1.82, 2.24) is 14.9 Å². The molecule has 1 amide bonds. The van der Waals surface area contributed by atoms with Crippen LogP contribution in [0.25, 0.3) is 11.0 Å². The minimum Gasteiger partial charge on any atom is -0.478 e. The number of fused-ring (bicyclic) bond motifs is 2. The van der Waals surface area contributed by atoms with E-state index in [1.807, 2.05) is 31.2 Å². The fourth-order valence-corrected chi connectivity index (χ4v) is 4.35. The van der Waals surface area contributed by atoms with Crippen molar-refractivity contribution in [3.8, 4) is 5.75 Å². The van der Waals surface area contributed by atoms with Crippen LogP contribution in [0.15, 0.2) is 42.5 Å². The highest BCUT2D eigenvalue weighted by molar-refractivity contribution is 5.97. The minimum atomic E-state index is -0.384. The van der Waals surface area contributed by atoms with E-state index in [4.69, 9.17) is 9.72 Å². The highest BCUT2D eigenvalue weighted by atomic mass is 16.5.